The van der Waals surface area contributed by atoms with Crippen molar-refractivity contribution in [1.82, 2.24) is 4.90 Å². The highest BCUT2D eigenvalue weighted by molar-refractivity contribution is 5.75. The lowest BCUT2D eigenvalue weighted by Gasteiger charge is -2.27. The topological polar surface area (TPSA) is 20.3 Å². The molecular formula is C10H18F3NO. The molecule has 5 heteroatoms. The molecule has 0 bridgehead atoms. The fourth-order valence-corrected chi connectivity index (χ4v) is 1.28. The Kier molecular flexibility index (Phi) is 5.87. The van der Waals surface area contributed by atoms with Crippen LogP contribution in [0.15, 0.2) is 0 Å². The van der Waals surface area contributed by atoms with Gasteiger partial charge in [0.15, 0.2) is 0 Å². The predicted octanol–water partition coefficient (Wildman–Crippen LogP) is 2.63. The Morgan fingerprint density at radius 1 is 1.33 bits per heavy atom. The van der Waals surface area contributed by atoms with Crippen LogP contribution in [-0.4, -0.2) is 36.0 Å². The van der Waals surface area contributed by atoms with Gasteiger partial charge in [-0.25, -0.2) is 0 Å². The number of hydrogen-bond acceptors (Lipinski definition) is 2. The van der Waals surface area contributed by atoms with E-state index < -0.39 is 12.7 Å². The van der Waals surface area contributed by atoms with E-state index in [0.717, 1.165) is 0 Å². The van der Waals surface area contributed by atoms with Gasteiger partial charge in [-0.3, -0.25) is 4.90 Å². The molecule has 0 aromatic heterocycles. The van der Waals surface area contributed by atoms with Gasteiger partial charge in [0.05, 0.1) is 6.54 Å². The number of Topliss-reactive ketones (excluding diaryl/α,β-unsaturated/α-hetero) is 1. The smallest absolute Gasteiger partial charge is 0.300 e. The number of carbonyl (C=O) groups excluding carboxylic acids is 1. The highest BCUT2D eigenvalue weighted by Gasteiger charge is 2.31. The van der Waals surface area contributed by atoms with Gasteiger partial charge >= 0.3 is 6.18 Å². The Balaban J connectivity index is 4.00. The van der Waals surface area contributed by atoms with Crippen molar-refractivity contribution in [2.75, 3.05) is 13.1 Å². The molecule has 0 rings (SSSR count). The number of ketones is 1. The monoisotopic (exact) mass is 225 g/mol. The van der Waals surface area contributed by atoms with Crippen molar-refractivity contribution in [3.8, 4) is 0 Å². The minimum absolute atomic E-state index is 0.0192. The molecule has 0 aliphatic heterocycles. The van der Waals surface area contributed by atoms with Crippen molar-refractivity contribution < 1.29 is 18.0 Å². The molecule has 0 spiro atoms. The van der Waals surface area contributed by atoms with E-state index in [9.17, 15) is 18.0 Å². The molecule has 2 nitrogen and oxygen atoms in total. The van der Waals surface area contributed by atoms with E-state index in [2.05, 4.69) is 0 Å². The summed E-state index contributed by atoms with van der Waals surface area (Å²) in [5, 5.41) is 0. The van der Waals surface area contributed by atoms with Crippen LogP contribution in [0.25, 0.3) is 0 Å². The fraction of sp³-hybridized carbons (Fsp3) is 0.900. The predicted molar refractivity (Wildman–Crippen MR) is 52.7 cm³/mol. The third-order valence-electron chi connectivity index (χ3n) is 2.09. The van der Waals surface area contributed by atoms with Crippen LogP contribution in [0.3, 0.4) is 0 Å². The molecule has 0 amide bonds. The van der Waals surface area contributed by atoms with Crippen molar-refractivity contribution in [3.63, 3.8) is 0 Å². The maximum absolute atomic E-state index is 12.1. The molecule has 15 heavy (non-hydrogen) atoms. The maximum atomic E-state index is 12.1. The summed E-state index contributed by atoms with van der Waals surface area (Å²) >= 11 is 0. The summed E-state index contributed by atoms with van der Waals surface area (Å²) in [5.74, 6) is 0.0192. The fourth-order valence-electron chi connectivity index (χ4n) is 1.28. The standard InChI is InChI=1S/C10H18F3NO/c1-8(2)14(7-10(11,12)13)6-4-5-9(3)15/h8H,4-7H2,1-3H3. The molecule has 0 radical (unpaired) electrons. The molecule has 0 saturated carbocycles. The van der Waals surface area contributed by atoms with Gasteiger partial charge in [-0.05, 0) is 33.7 Å². The van der Waals surface area contributed by atoms with Gasteiger partial charge in [0, 0.05) is 12.5 Å². The van der Waals surface area contributed by atoms with Crippen LogP contribution in [0, 0.1) is 0 Å². The molecule has 0 aromatic carbocycles. The van der Waals surface area contributed by atoms with E-state index in [1.807, 2.05) is 0 Å². The van der Waals surface area contributed by atoms with E-state index in [0.29, 0.717) is 19.4 Å². The Morgan fingerprint density at radius 2 is 1.87 bits per heavy atom. The highest BCUT2D eigenvalue weighted by atomic mass is 19.4. The quantitative estimate of drug-likeness (QED) is 0.692. The summed E-state index contributed by atoms with van der Waals surface area (Å²) in [6, 6.07) is -0.154. The van der Waals surface area contributed by atoms with Crippen molar-refractivity contribution in [2.24, 2.45) is 0 Å². The van der Waals surface area contributed by atoms with Crippen molar-refractivity contribution in [1.29, 1.82) is 0 Å². The van der Waals surface area contributed by atoms with Gasteiger partial charge in [-0.1, -0.05) is 0 Å². The molecular weight excluding hydrogens is 207 g/mol. The highest BCUT2D eigenvalue weighted by Crippen LogP contribution is 2.18. The van der Waals surface area contributed by atoms with Crippen LogP contribution in [0.2, 0.25) is 0 Å². The SMILES string of the molecule is CC(=O)CCCN(CC(F)(F)F)C(C)C. The second-order valence-corrected chi connectivity index (χ2v) is 3.98. The zero-order chi connectivity index (χ0) is 12.1. The lowest BCUT2D eigenvalue weighted by Crippen LogP contribution is -2.39. The summed E-state index contributed by atoms with van der Waals surface area (Å²) in [5.41, 5.74) is 0. The number of hydrogen-bond donors (Lipinski definition) is 0. The zero-order valence-corrected chi connectivity index (χ0v) is 9.40. The summed E-state index contributed by atoms with van der Waals surface area (Å²) in [4.78, 5) is 12.0. The third-order valence-corrected chi connectivity index (χ3v) is 2.09. The van der Waals surface area contributed by atoms with E-state index in [4.69, 9.17) is 0 Å². The Labute approximate surface area is 88.4 Å². The van der Waals surface area contributed by atoms with Gasteiger partial charge in [0.2, 0.25) is 0 Å². The van der Waals surface area contributed by atoms with Crippen LogP contribution < -0.4 is 0 Å². The summed E-state index contributed by atoms with van der Waals surface area (Å²) in [6.07, 6.45) is -3.33. The zero-order valence-electron chi connectivity index (χ0n) is 9.40. The molecule has 0 aromatic rings. The van der Waals surface area contributed by atoms with Crippen LogP contribution in [-0.2, 0) is 4.79 Å². The Hall–Kier alpha value is -0.580. The minimum atomic E-state index is -4.17. The molecule has 0 N–H and O–H groups in total. The molecule has 0 aliphatic rings. The van der Waals surface area contributed by atoms with E-state index in [1.165, 1.54) is 11.8 Å². The number of nitrogens with zero attached hydrogens (tertiary/aromatic N) is 1. The van der Waals surface area contributed by atoms with Crippen LogP contribution in [0.1, 0.15) is 33.6 Å². The number of alkyl halides is 3. The van der Waals surface area contributed by atoms with Gasteiger partial charge < -0.3 is 4.79 Å². The molecule has 0 saturated heterocycles. The molecule has 0 unspecified atom stereocenters. The second-order valence-electron chi connectivity index (χ2n) is 3.98. The van der Waals surface area contributed by atoms with E-state index in [1.54, 1.807) is 13.8 Å². The average Bonchev–Trinajstić information content (AvgIpc) is 1.99. The van der Waals surface area contributed by atoms with Crippen molar-refractivity contribution >= 4 is 5.78 Å². The number of halogens is 3. The number of carbonyl (C=O) groups is 1. The van der Waals surface area contributed by atoms with Gasteiger partial charge in [0.1, 0.15) is 5.78 Å². The Bertz CT molecular complexity index is 201. The van der Waals surface area contributed by atoms with Crippen LogP contribution in [0.4, 0.5) is 13.2 Å². The first-order valence-electron chi connectivity index (χ1n) is 5.02. The lowest BCUT2D eigenvalue weighted by atomic mass is 10.2. The Morgan fingerprint density at radius 3 is 2.20 bits per heavy atom. The summed E-state index contributed by atoms with van der Waals surface area (Å²) in [7, 11) is 0. The minimum Gasteiger partial charge on any atom is -0.300 e. The normalized spacial score (nSPS) is 12.5. The van der Waals surface area contributed by atoms with Gasteiger partial charge in [0.25, 0.3) is 0 Å². The summed E-state index contributed by atoms with van der Waals surface area (Å²) in [6.45, 7) is 4.31. The molecule has 0 atom stereocenters. The van der Waals surface area contributed by atoms with Crippen LogP contribution >= 0.6 is 0 Å². The molecule has 0 heterocycles. The van der Waals surface area contributed by atoms with Gasteiger partial charge in [-0.2, -0.15) is 13.2 Å². The van der Waals surface area contributed by atoms with E-state index >= 15 is 0 Å². The second kappa shape index (κ2) is 6.10. The number of rotatable bonds is 6. The first-order valence-corrected chi connectivity index (χ1v) is 5.02. The lowest BCUT2D eigenvalue weighted by molar-refractivity contribution is -0.149. The first-order chi connectivity index (χ1) is 6.72. The van der Waals surface area contributed by atoms with Crippen molar-refractivity contribution in [3.05, 3.63) is 0 Å². The third kappa shape index (κ3) is 8.42. The van der Waals surface area contributed by atoms with Gasteiger partial charge in [-0.15, -0.1) is 0 Å². The summed E-state index contributed by atoms with van der Waals surface area (Å²) < 4.78 is 36.4. The van der Waals surface area contributed by atoms with E-state index in [-0.39, 0.29) is 11.8 Å². The average molecular weight is 225 g/mol. The largest absolute Gasteiger partial charge is 0.401 e. The molecule has 90 valence electrons. The van der Waals surface area contributed by atoms with Crippen molar-refractivity contribution in [2.45, 2.75) is 45.8 Å². The molecule has 0 fully saturated rings. The molecule has 0 aliphatic carbocycles. The van der Waals surface area contributed by atoms with Crippen LogP contribution in [0.5, 0.6) is 0 Å². The first kappa shape index (κ1) is 14.4. The maximum Gasteiger partial charge on any atom is 0.401 e.